The van der Waals surface area contributed by atoms with Gasteiger partial charge in [0.15, 0.2) is 5.96 Å². The first kappa shape index (κ1) is 25.5. The molecule has 0 fully saturated rings. The summed E-state index contributed by atoms with van der Waals surface area (Å²) in [4.78, 5) is 30.5. The molecule has 1 aromatic carbocycles. The number of carboxylic acids is 1. The van der Waals surface area contributed by atoms with Crippen LogP contribution in [0.4, 0.5) is 0 Å². The Kier molecular flexibility index (Phi) is 11.0. The number of aliphatic imine (C=N–C) groups is 1. The first-order valence-electron chi connectivity index (χ1n) is 8.27. The fourth-order valence-corrected chi connectivity index (χ4v) is 2.67. The summed E-state index contributed by atoms with van der Waals surface area (Å²) < 4.78 is 0. The van der Waals surface area contributed by atoms with Gasteiger partial charge in [0.25, 0.3) is 0 Å². The molecular formula is C17H26Cl2N6O3. The van der Waals surface area contributed by atoms with Crippen molar-refractivity contribution in [3.63, 3.8) is 0 Å². The number of aromatic nitrogens is 1. The molecular weight excluding hydrogens is 407 g/mol. The molecule has 0 aliphatic carbocycles. The molecule has 2 rings (SSSR count). The van der Waals surface area contributed by atoms with Gasteiger partial charge in [0, 0.05) is 23.6 Å². The first-order valence-corrected chi connectivity index (χ1v) is 8.27. The Morgan fingerprint density at radius 1 is 1.21 bits per heavy atom. The third-order valence-corrected chi connectivity index (χ3v) is 4.01. The lowest BCUT2D eigenvalue weighted by molar-refractivity contribution is -0.142. The number of nitrogens with two attached hydrogens (primary N) is 3. The van der Waals surface area contributed by atoms with Crippen molar-refractivity contribution in [3.8, 4) is 0 Å². The van der Waals surface area contributed by atoms with Crippen LogP contribution in [0.15, 0.2) is 35.5 Å². The maximum absolute atomic E-state index is 12.3. The van der Waals surface area contributed by atoms with Crippen LogP contribution in [0.1, 0.15) is 18.4 Å². The summed E-state index contributed by atoms with van der Waals surface area (Å²) in [5.74, 6) is -1.69. The number of hydrogen-bond donors (Lipinski definition) is 6. The van der Waals surface area contributed by atoms with Crippen LogP contribution in [0, 0.1) is 0 Å². The highest BCUT2D eigenvalue weighted by Crippen LogP contribution is 2.18. The summed E-state index contributed by atoms with van der Waals surface area (Å²) in [7, 11) is 0. The van der Waals surface area contributed by atoms with Crippen LogP contribution >= 0.6 is 24.8 Å². The summed E-state index contributed by atoms with van der Waals surface area (Å²) in [6.45, 7) is 0.295. The smallest absolute Gasteiger partial charge is 0.326 e. The molecule has 156 valence electrons. The summed E-state index contributed by atoms with van der Waals surface area (Å²) in [5, 5.41) is 12.7. The molecule has 0 saturated carbocycles. The minimum atomic E-state index is -1.12. The Morgan fingerprint density at radius 3 is 2.54 bits per heavy atom. The Morgan fingerprint density at radius 2 is 1.89 bits per heavy atom. The number of H-pyrrole nitrogens is 1. The lowest BCUT2D eigenvalue weighted by Crippen LogP contribution is -2.49. The molecule has 0 unspecified atom stereocenters. The number of para-hydroxylation sites is 1. The van der Waals surface area contributed by atoms with Crippen molar-refractivity contribution in [2.75, 3.05) is 6.54 Å². The fraction of sp³-hybridized carbons (Fsp3) is 0.353. The summed E-state index contributed by atoms with van der Waals surface area (Å²) in [6, 6.07) is 5.80. The summed E-state index contributed by atoms with van der Waals surface area (Å²) >= 11 is 0. The average Bonchev–Trinajstić information content (AvgIpc) is 3.00. The molecule has 1 amide bonds. The van der Waals surface area contributed by atoms with Gasteiger partial charge in [0.05, 0.1) is 6.04 Å². The number of aromatic amines is 1. The Hall–Kier alpha value is -2.49. The quantitative estimate of drug-likeness (QED) is 0.191. The molecule has 28 heavy (non-hydrogen) atoms. The average molecular weight is 433 g/mol. The van der Waals surface area contributed by atoms with E-state index >= 15 is 0 Å². The normalized spacial score (nSPS) is 12.2. The molecule has 1 aromatic heterocycles. The highest BCUT2D eigenvalue weighted by atomic mass is 35.5. The Balaban J connectivity index is 0.00000364. The molecule has 1 heterocycles. The number of guanidine groups is 1. The van der Waals surface area contributed by atoms with E-state index in [0.29, 0.717) is 19.4 Å². The van der Waals surface area contributed by atoms with Gasteiger partial charge < -0.3 is 32.6 Å². The number of carbonyl (C=O) groups is 2. The zero-order valence-corrected chi connectivity index (χ0v) is 16.8. The van der Waals surface area contributed by atoms with Crippen LogP contribution in [0.3, 0.4) is 0 Å². The van der Waals surface area contributed by atoms with Crippen LogP contribution in [0.5, 0.6) is 0 Å². The highest BCUT2D eigenvalue weighted by Gasteiger charge is 2.23. The van der Waals surface area contributed by atoms with Gasteiger partial charge >= 0.3 is 5.97 Å². The predicted molar refractivity (Wildman–Crippen MR) is 114 cm³/mol. The van der Waals surface area contributed by atoms with E-state index in [2.05, 4.69) is 15.3 Å². The second kappa shape index (κ2) is 12.1. The number of carbonyl (C=O) groups excluding carboxylic acids is 1. The zero-order chi connectivity index (χ0) is 19.1. The van der Waals surface area contributed by atoms with E-state index in [9.17, 15) is 14.7 Å². The maximum Gasteiger partial charge on any atom is 0.326 e. The van der Waals surface area contributed by atoms with Gasteiger partial charge in [-0.05, 0) is 30.9 Å². The van der Waals surface area contributed by atoms with Crippen LogP contribution in [0.2, 0.25) is 0 Å². The van der Waals surface area contributed by atoms with Crippen molar-refractivity contribution >= 4 is 53.6 Å². The molecule has 11 heteroatoms. The van der Waals surface area contributed by atoms with Crippen molar-refractivity contribution < 1.29 is 14.7 Å². The van der Waals surface area contributed by atoms with Gasteiger partial charge in [0.1, 0.15) is 6.04 Å². The Labute approximate surface area is 174 Å². The minimum Gasteiger partial charge on any atom is -0.480 e. The lowest BCUT2D eigenvalue weighted by Gasteiger charge is -2.17. The molecule has 0 spiro atoms. The van der Waals surface area contributed by atoms with Gasteiger partial charge in [0.2, 0.25) is 5.91 Å². The number of aliphatic carboxylic acids is 1. The highest BCUT2D eigenvalue weighted by molar-refractivity contribution is 5.88. The van der Waals surface area contributed by atoms with Crippen molar-refractivity contribution in [2.45, 2.75) is 31.3 Å². The molecule has 9 N–H and O–H groups in total. The second-order valence-corrected chi connectivity index (χ2v) is 6.02. The van der Waals surface area contributed by atoms with E-state index < -0.39 is 24.0 Å². The monoisotopic (exact) mass is 432 g/mol. The zero-order valence-electron chi connectivity index (χ0n) is 15.1. The molecule has 0 saturated heterocycles. The fourth-order valence-electron chi connectivity index (χ4n) is 2.67. The molecule has 0 bridgehead atoms. The number of carboxylic acid groups (broad SMARTS) is 1. The standard InChI is InChI=1S/C17H24N6O3.2ClH/c18-12(8-10-9-22-13-5-2-1-4-11(10)13)15(24)23-14(16(25)26)6-3-7-21-17(19)20;;/h1-2,4-5,9,12,14,22H,3,6-8,18H2,(H,23,24)(H,25,26)(H4,19,20,21);2*1H/t12-,14-;;/m0../s1. The van der Waals surface area contributed by atoms with Crippen LogP contribution < -0.4 is 22.5 Å². The van der Waals surface area contributed by atoms with Crippen molar-refractivity contribution in [1.82, 2.24) is 10.3 Å². The number of amides is 1. The first-order chi connectivity index (χ1) is 12.4. The van der Waals surface area contributed by atoms with Gasteiger partial charge in [-0.1, -0.05) is 18.2 Å². The van der Waals surface area contributed by atoms with E-state index in [-0.39, 0.29) is 37.2 Å². The van der Waals surface area contributed by atoms with Crippen molar-refractivity contribution in [3.05, 3.63) is 36.0 Å². The van der Waals surface area contributed by atoms with E-state index in [1.165, 1.54) is 0 Å². The van der Waals surface area contributed by atoms with E-state index in [4.69, 9.17) is 17.2 Å². The number of nitrogens with zero attached hydrogens (tertiary/aromatic N) is 1. The van der Waals surface area contributed by atoms with E-state index in [1.807, 2.05) is 30.5 Å². The predicted octanol–water partition coefficient (Wildman–Crippen LogP) is 0.504. The maximum atomic E-state index is 12.3. The molecule has 2 aromatic rings. The molecule has 0 radical (unpaired) electrons. The van der Waals surface area contributed by atoms with Gasteiger partial charge in [-0.25, -0.2) is 4.79 Å². The molecule has 0 aliphatic heterocycles. The number of halogens is 2. The summed E-state index contributed by atoms with van der Waals surface area (Å²) in [6.07, 6.45) is 2.74. The summed E-state index contributed by atoms with van der Waals surface area (Å²) in [5.41, 5.74) is 18.3. The van der Waals surface area contributed by atoms with E-state index in [1.54, 1.807) is 0 Å². The van der Waals surface area contributed by atoms with Gasteiger partial charge in [-0.2, -0.15) is 0 Å². The van der Waals surface area contributed by atoms with E-state index in [0.717, 1.165) is 16.5 Å². The number of fused-ring (bicyclic) bond motifs is 1. The number of rotatable bonds is 9. The third-order valence-electron chi connectivity index (χ3n) is 4.01. The van der Waals surface area contributed by atoms with Gasteiger partial charge in [-0.3, -0.25) is 9.79 Å². The topological polar surface area (TPSA) is 173 Å². The number of hydrogen-bond acceptors (Lipinski definition) is 4. The van der Waals surface area contributed by atoms with Crippen LogP contribution in [0.25, 0.3) is 10.9 Å². The SMILES string of the molecule is Cl.Cl.NC(N)=NCCC[C@H](NC(=O)[C@@H](N)Cc1c[nH]c2ccccc12)C(=O)O. The number of benzene rings is 1. The third kappa shape index (κ3) is 7.26. The second-order valence-electron chi connectivity index (χ2n) is 6.02. The number of nitrogens with one attached hydrogen (secondary N) is 2. The molecule has 9 nitrogen and oxygen atoms in total. The van der Waals surface area contributed by atoms with Crippen LogP contribution in [-0.4, -0.2) is 46.6 Å². The van der Waals surface area contributed by atoms with Crippen LogP contribution in [-0.2, 0) is 16.0 Å². The minimum absolute atomic E-state index is 0. The van der Waals surface area contributed by atoms with Crippen molar-refractivity contribution in [1.29, 1.82) is 0 Å². The van der Waals surface area contributed by atoms with Gasteiger partial charge in [-0.15, -0.1) is 24.8 Å². The largest absolute Gasteiger partial charge is 0.480 e. The molecule has 0 aliphatic rings. The Bertz CT molecular complexity index is 807. The molecule has 2 atom stereocenters. The van der Waals surface area contributed by atoms with Crippen molar-refractivity contribution in [2.24, 2.45) is 22.2 Å². The lowest BCUT2D eigenvalue weighted by atomic mass is 10.0.